The molecule has 0 aliphatic heterocycles. The standard InChI is InChI=1S/C18H17N3/c1-19-10-14-9-13-8-12(6-7-17(13)21-14)16-11-20-18-5-3-2-4-15(16)18/h2-9,11,19-21H,10H2,1H3. The smallest absolute Gasteiger partial charge is 0.0460 e. The molecule has 2 aromatic heterocycles. The van der Waals surface area contributed by atoms with Crippen molar-refractivity contribution in [2.24, 2.45) is 0 Å². The maximum absolute atomic E-state index is 3.44. The van der Waals surface area contributed by atoms with E-state index in [1.54, 1.807) is 0 Å². The maximum Gasteiger partial charge on any atom is 0.0460 e. The molecule has 3 heteroatoms. The normalized spacial score (nSPS) is 11.5. The number of rotatable bonds is 3. The SMILES string of the molecule is CNCc1cc2cc(-c3c[nH]c4ccccc34)ccc2[nH]1. The molecule has 0 spiro atoms. The zero-order valence-corrected chi connectivity index (χ0v) is 11.9. The molecule has 0 radical (unpaired) electrons. The Balaban J connectivity index is 1.86. The highest BCUT2D eigenvalue weighted by Gasteiger charge is 2.07. The summed E-state index contributed by atoms with van der Waals surface area (Å²) < 4.78 is 0. The fraction of sp³-hybridized carbons (Fsp3) is 0.111. The third-order valence-electron chi connectivity index (χ3n) is 3.94. The highest BCUT2D eigenvalue weighted by Crippen LogP contribution is 2.30. The van der Waals surface area contributed by atoms with Crippen molar-refractivity contribution in [3.05, 3.63) is 60.4 Å². The molecule has 0 saturated heterocycles. The van der Waals surface area contributed by atoms with E-state index >= 15 is 0 Å². The maximum atomic E-state index is 3.44. The summed E-state index contributed by atoms with van der Waals surface area (Å²) in [6, 6.07) is 17.2. The number of H-pyrrole nitrogens is 2. The quantitative estimate of drug-likeness (QED) is 0.519. The van der Waals surface area contributed by atoms with E-state index in [1.807, 2.05) is 7.05 Å². The lowest BCUT2D eigenvalue weighted by Gasteiger charge is -2.00. The van der Waals surface area contributed by atoms with Crippen molar-refractivity contribution in [3.8, 4) is 11.1 Å². The molecule has 0 aliphatic rings. The molecule has 0 aliphatic carbocycles. The van der Waals surface area contributed by atoms with Crippen LogP contribution in [-0.2, 0) is 6.54 Å². The van der Waals surface area contributed by atoms with Gasteiger partial charge in [-0.3, -0.25) is 0 Å². The molecule has 0 atom stereocenters. The minimum atomic E-state index is 0.858. The van der Waals surface area contributed by atoms with Crippen LogP contribution >= 0.6 is 0 Å². The van der Waals surface area contributed by atoms with Gasteiger partial charge < -0.3 is 15.3 Å². The number of fused-ring (bicyclic) bond motifs is 2. The lowest BCUT2D eigenvalue weighted by atomic mass is 10.0. The summed E-state index contributed by atoms with van der Waals surface area (Å²) in [5, 5.41) is 5.69. The molecule has 2 heterocycles. The summed E-state index contributed by atoms with van der Waals surface area (Å²) in [7, 11) is 1.96. The summed E-state index contributed by atoms with van der Waals surface area (Å²) >= 11 is 0. The van der Waals surface area contributed by atoms with E-state index in [4.69, 9.17) is 0 Å². The van der Waals surface area contributed by atoms with Crippen LogP contribution in [0.5, 0.6) is 0 Å². The summed E-state index contributed by atoms with van der Waals surface area (Å²) in [5.41, 5.74) is 6.07. The highest BCUT2D eigenvalue weighted by atomic mass is 14.9. The number of hydrogen-bond donors (Lipinski definition) is 3. The second-order valence-electron chi connectivity index (χ2n) is 5.37. The Morgan fingerprint density at radius 1 is 1.00 bits per heavy atom. The van der Waals surface area contributed by atoms with Crippen molar-refractivity contribution in [1.29, 1.82) is 0 Å². The fourth-order valence-corrected chi connectivity index (χ4v) is 2.96. The monoisotopic (exact) mass is 275 g/mol. The van der Waals surface area contributed by atoms with Crippen molar-refractivity contribution in [3.63, 3.8) is 0 Å². The van der Waals surface area contributed by atoms with Gasteiger partial charge in [-0.2, -0.15) is 0 Å². The number of aromatic amines is 2. The minimum absolute atomic E-state index is 0.858. The van der Waals surface area contributed by atoms with Crippen molar-refractivity contribution < 1.29 is 0 Å². The first kappa shape index (κ1) is 12.2. The first-order chi connectivity index (χ1) is 10.3. The number of benzene rings is 2. The summed E-state index contributed by atoms with van der Waals surface area (Å²) in [6.45, 7) is 0.858. The fourth-order valence-electron chi connectivity index (χ4n) is 2.96. The van der Waals surface area contributed by atoms with Crippen LogP contribution in [0.3, 0.4) is 0 Å². The van der Waals surface area contributed by atoms with E-state index in [1.165, 1.54) is 38.6 Å². The van der Waals surface area contributed by atoms with E-state index in [0.29, 0.717) is 0 Å². The van der Waals surface area contributed by atoms with Gasteiger partial charge in [0.15, 0.2) is 0 Å². The van der Waals surface area contributed by atoms with Crippen LogP contribution in [0.1, 0.15) is 5.69 Å². The third-order valence-corrected chi connectivity index (χ3v) is 3.94. The Morgan fingerprint density at radius 3 is 2.81 bits per heavy atom. The topological polar surface area (TPSA) is 43.6 Å². The predicted octanol–water partition coefficient (Wildman–Crippen LogP) is 4.04. The Hall–Kier alpha value is -2.52. The van der Waals surface area contributed by atoms with Gasteiger partial charge in [0.2, 0.25) is 0 Å². The van der Waals surface area contributed by atoms with Crippen LogP contribution in [0.25, 0.3) is 32.9 Å². The molecule has 104 valence electrons. The van der Waals surface area contributed by atoms with Crippen molar-refractivity contribution in [2.45, 2.75) is 6.54 Å². The van der Waals surface area contributed by atoms with Gasteiger partial charge in [-0.05, 0) is 36.9 Å². The van der Waals surface area contributed by atoms with E-state index in [-0.39, 0.29) is 0 Å². The summed E-state index contributed by atoms with van der Waals surface area (Å²) in [4.78, 5) is 6.78. The van der Waals surface area contributed by atoms with Crippen molar-refractivity contribution in [2.75, 3.05) is 7.05 Å². The first-order valence-corrected chi connectivity index (χ1v) is 7.18. The molecule has 4 aromatic rings. The molecule has 0 bridgehead atoms. The lowest BCUT2D eigenvalue weighted by molar-refractivity contribution is 0.800. The Labute approximate surface area is 123 Å². The van der Waals surface area contributed by atoms with E-state index in [9.17, 15) is 0 Å². The molecule has 2 aromatic carbocycles. The first-order valence-electron chi connectivity index (χ1n) is 7.18. The number of hydrogen-bond acceptors (Lipinski definition) is 1. The van der Waals surface area contributed by atoms with E-state index in [0.717, 1.165) is 6.54 Å². The van der Waals surface area contributed by atoms with Crippen molar-refractivity contribution >= 4 is 21.8 Å². The van der Waals surface area contributed by atoms with Gasteiger partial charge in [-0.1, -0.05) is 24.3 Å². The van der Waals surface area contributed by atoms with Gasteiger partial charge >= 0.3 is 0 Å². The zero-order chi connectivity index (χ0) is 14.2. The van der Waals surface area contributed by atoms with Crippen LogP contribution in [0, 0.1) is 0 Å². The number of para-hydroxylation sites is 1. The van der Waals surface area contributed by atoms with Crippen LogP contribution in [0.4, 0.5) is 0 Å². The number of nitrogens with one attached hydrogen (secondary N) is 3. The molecule has 21 heavy (non-hydrogen) atoms. The Kier molecular flexibility index (Phi) is 2.79. The molecule has 0 saturated carbocycles. The van der Waals surface area contributed by atoms with Crippen LogP contribution in [0.2, 0.25) is 0 Å². The van der Waals surface area contributed by atoms with Gasteiger partial charge in [0.1, 0.15) is 0 Å². The molecule has 3 nitrogen and oxygen atoms in total. The average molecular weight is 275 g/mol. The molecule has 3 N–H and O–H groups in total. The lowest BCUT2D eigenvalue weighted by Crippen LogP contribution is -2.04. The van der Waals surface area contributed by atoms with Gasteiger partial charge in [-0.15, -0.1) is 0 Å². The van der Waals surface area contributed by atoms with E-state index < -0.39 is 0 Å². The summed E-state index contributed by atoms with van der Waals surface area (Å²) in [6.07, 6.45) is 2.09. The average Bonchev–Trinajstić information content (AvgIpc) is 3.09. The Bertz CT molecular complexity index is 914. The van der Waals surface area contributed by atoms with Crippen LogP contribution in [0.15, 0.2) is 54.7 Å². The Morgan fingerprint density at radius 2 is 1.90 bits per heavy atom. The molecule has 0 amide bonds. The predicted molar refractivity (Wildman–Crippen MR) is 88.4 cm³/mol. The highest BCUT2D eigenvalue weighted by molar-refractivity contribution is 5.97. The second-order valence-corrected chi connectivity index (χ2v) is 5.37. The third kappa shape index (κ3) is 2.03. The van der Waals surface area contributed by atoms with Gasteiger partial charge in [-0.25, -0.2) is 0 Å². The molecular formula is C18H17N3. The molecular weight excluding hydrogens is 258 g/mol. The zero-order valence-electron chi connectivity index (χ0n) is 11.9. The second kappa shape index (κ2) is 4.79. The molecule has 4 rings (SSSR count). The molecule has 0 fully saturated rings. The van der Waals surface area contributed by atoms with E-state index in [2.05, 4.69) is 70.0 Å². The number of aromatic nitrogens is 2. The van der Waals surface area contributed by atoms with Crippen LogP contribution < -0.4 is 5.32 Å². The van der Waals surface area contributed by atoms with Gasteiger partial charge in [0.25, 0.3) is 0 Å². The molecule has 0 unspecified atom stereocenters. The largest absolute Gasteiger partial charge is 0.361 e. The van der Waals surface area contributed by atoms with Crippen LogP contribution in [-0.4, -0.2) is 17.0 Å². The minimum Gasteiger partial charge on any atom is -0.361 e. The van der Waals surface area contributed by atoms with Crippen molar-refractivity contribution in [1.82, 2.24) is 15.3 Å². The summed E-state index contributed by atoms with van der Waals surface area (Å²) in [5.74, 6) is 0. The van der Waals surface area contributed by atoms with Gasteiger partial charge in [0.05, 0.1) is 0 Å². The van der Waals surface area contributed by atoms with Gasteiger partial charge in [0, 0.05) is 45.8 Å².